The molecule has 0 bridgehead atoms. The van der Waals surface area contributed by atoms with Gasteiger partial charge >= 0.3 is 6.09 Å². The first kappa shape index (κ1) is 31.5. The Balaban J connectivity index is 1.08. The summed E-state index contributed by atoms with van der Waals surface area (Å²) in [5.74, 6) is 1.31. The number of nitrogens with zero attached hydrogens (tertiary/aromatic N) is 6. The third kappa shape index (κ3) is 7.84. The lowest BCUT2D eigenvalue weighted by atomic mass is 9.92. The molecular weight excluding hydrogens is 584 g/mol. The molecule has 2 aliphatic heterocycles. The molecule has 2 atom stereocenters. The summed E-state index contributed by atoms with van der Waals surface area (Å²) in [6.07, 6.45) is 4.23. The summed E-state index contributed by atoms with van der Waals surface area (Å²) in [6.45, 7) is 11.3. The summed E-state index contributed by atoms with van der Waals surface area (Å²) in [6, 6.07) is 16.2. The predicted octanol–water partition coefficient (Wildman–Crippen LogP) is 4.89. The van der Waals surface area contributed by atoms with Crippen LogP contribution in [0.1, 0.15) is 52.0 Å². The van der Waals surface area contributed by atoms with Gasteiger partial charge in [0.1, 0.15) is 29.9 Å². The van der Waals surface area contributed by atoms with Gasteiger partial charge in [0, 0.05) is 43.1 Å². The highest BCUT2D eigenvalue weighted by atomic mass is 16.6. The molecule has 6 rings (SSSR count). The summed E-state index contributed by atoms with van der Waals surface area (Å²) >= 11 is 0. The SMILES string of the molecule is CC(C)(C)OC(=O)N[C@@H]1CCCC[C@@H]1Oc1ccc(-c2ncnc(Nc3ccc(N4CCN(C5COC5)CC4)cc3)n2)cc1C#N. The Morgan fingerprint density at radius 2 is 1.78 bits per heavy atom. The molecule has 46 heavy (non-hydrogen) atoms. The summed E-state index contributed by atoms with van der Waals surface area (Å²) in [7, 11) is 0. The fraction of sp³-hybridized carbons (Fsp3) is 0.500. The van der Waals surface area contributed by atoms with Crippen molar-refractivity contribution in [3.8, 4) is 23.2 Å². The number of nitrogens with one attached hydrogen (secondary N) is 2. The standard InChI is InChI=1S/C34H42N8O4/c1-34(2,3)46-33(43)39-28-6-4-5-7-30(28)45-29-13-8-23(18-24(29)19-35)31-36-22-37-32(40-31)38-25-9-11-26(12-10-25)41-14-16-42(17-15-41)27-20-44-21-27/h8-13,18,22,27-28,30H,4-7,14-17,20-21H2,1-3H3,(H,39,43)(H,36,37,38,40)/t28-,30+/m1/s1. The summed E-state index contributed by atoms with van der Waals surface area (Å²) in [4.78, 5) is 30.6. The molecule has 3 aliphatic rings. The third-order valence-corrected chi connectivity index (χ3v) is 8.55. The quantitative estimate of drug-likeness (QED) is 0.354. The van der Waals surface area contributed by atoms with Crippen molar-refractivity contribution >= 4 is 23.4 Å². The van der Waals surface area contributed by atoms with Gasteiger partial charge in [-0.1, -0.05) is 6.42 Å². The van der Waals surface area contributed by atoms with Crippen LogP contribution in [-0.2, 0) is 9.47 Å². The van der Waals surface area contributed by atoms with Crippen LogP contribution < -0.4 is 20.3 Å². The lowest BCUT2D eigenvalue weighted by Crippen LogP contribution is -2.56. The van der Waals surface area contributed by atoms with Gasteiger partial charge in [-0.2, -0.15) is 10.2 Å². The van der Waals surface area contributed by atoms with Crippen LogP contribution in [0.2, 0.25) is 0 Å². The summed E-state index contributed by atoms with van der Waals surface area (Å²) in [5, 5.41) is 16.2. The van der Waals surface area contributed by atoms with Crippen molar-refractivity contribution in [2.45, 2.75) is 70.2 Å². The first-order valence-electron chi connectivity index (χ1n) is 16.1. The minimum atomic E-state index is -0.588. The lowest BCUT2D eigenvalue weighted by Gasteiger charge is -2.43. The molecule has 0 spiro atoms. The van der Waals surface area contributed by atoms with Crippen molar-refractivity contribution in [2.24, 2.45) is 0 Å². The van der Waals surface area contributed by atoms with Crippen LogP contribution in [0.4, 0.5) is 22.1 Å². The number of hydrogen-bond acceptors (Lipinski definition) is 11. The Morgan fingerprint density at radius 3 is 2.48 bits per heavy atom. The Kier molecular flexibility index (Phi) is 9.51. The van der Waals surface area contributed by atoms with Gasteiger partial charge in [-0.15, -0.1) is 0 Å². The average molecular weight is 627 g/mol. The normalized spacial score (nSPS) is 20.7. The number of anilines is 3. The van der Waals surface area contributed by atoms with E-state index >= 15 is 0 Å². The van der Waals surface area contributed by atoms with Gasteiger partial charge in [-0.3, -0.25) is 4.90 Å². The highest BCUT2D eigenvalue weighted by molar-refractivity contribution is 5.68. The van der Waals surface area contributed by atoms with Crippen molar-refractivity contribution < 1.29 is 19.0 Å². The van der Waals surface area contributed by atoms with Crippen LogP contribution in [0.5, 0.6) is 5.75 Å². The number of carbonyl (C=O) groups excluding carboxylic acids is 1. The molecule has 3 aromatic rings. The molecule has 1 saturated carbocycles. The van der Waals surface area contributed by atoms with E-state index < -0.39 is 11.7 Å². The van der Waals surface area contributed by atoms with E-state index in [0.717, 1.165) is 70.8 Å². The maximum atomic E-state index is 12.4. The smallest absolute Gasteiger partial charge is 0.408 e. The van der Waals surface area contributed by atoms with Crippen molar-refractivity contribution in [1.29, 1.82) is 5.26 Å². The first-order chi connectivity index (χ1) is 22.2. The molecule has 2 saturated heterocycles. The second kappa shape index (κ2) is 13.9. The number of amides is 1. The van der Waals surface area contributed by atoms with E-state index in [1.807, 2.05) is 39.0 Å². The fourth-order valence-corrected chi connectivity index (χ4v) is 6.04. The van der Waals surface area contributed by atoms with Gasteiger partial charge in [0.05, 0.1) is 30.9 Å². The van der Waals surface area contributed by atoms with Gasteiger partial charge in [0.25, 0.3) is 0 Å². The number of rotatable bonds is 8. The van der Waals surface area contributed by atoms with Crippen LogP contribution in [0.3, 0.4) is 0 Å². The number of benzene rings is 2. The Morgan fingerprint density at radius 1 is 1.02 bits per heavy atom. The van der Waals surface area contributed by atoms with Crippen molar-refractivity contribution in [2.75, 3.05) is 49.6 Å². The zero-order valence-electron chi connectivity index (χ0n) is 26.7. The second-order valence-corrected chi connectivity index (χ2v) is 13.0. The molecule has 12 heteroatoms. The monoisotopic (exact) mass is 626 g/mol. The number of piperazine rings is 1. The van der Waals surface area contributed by atoms with Crippen molar-refractivity contribution in [1.82, 2.24) is 25.2 Å². The fourth-order valence-electron chi connectivity index (χ4n) is 6.04. The van der Waals surface area contributed by atoms with Gasteiger partial charge in [0.2, 0.25) is 5.95 Å². The molecule has 2 aromatic carbocycles. The van der Waals surface area contributed by atoms with E-state index in [9.17, 15) is 10.1 Å². The first-order valence-corrected chi connectivity index (χ1v) is 16.1. The third-order valence-electron chi connectivity index (χ3n) is 8.55. The zero-order valence-corrected chi connectivity index (χ0v) is 26.7. The van der Waals surface area contributed by atoms with Crippen LogP contribution in [0.25, 0.3) is 11.4 Å². The molecule has 0 unspecified atom stereocenters. The molecule has 3 fully saturated rings. The highest BCUT2D eigenvalue weighted by Gasteiger charge is 2.31. The predicted molar refractivity (Wildman–Crippen MR) is 174 cm³/mol. The van der Waals surface area contributed by atoms with Crippen LogP contribution in [-0.4, -0.2) is 89.1 Å². The van der Waals surface area contributed by atoms with Crippen LogP contribution in [0.15, 0.2) is 48.8 Å². The molecule has 242 valence electrons. The van der Waals surface area contributed by atoms with E-state index in [-0.39, 0.29) is 12.1 Å². The number of nitriles is 1. The molecule has 1 amide bonds. The van der Waals surface area contributed by atoms with Crippen LogP contribution >= 0.6 is 0 Å². The van der Waals surface area contributed by atoms with E-state index in [4.69, 9.17) is 14.2 Å². The Labute approximate surface area is 270 Å². The van der Waals surface area contributed by atoms with Gasteiger partial charge in [-0.25, -0.2) is 14.8 Å². The van der Waals surface area contributed by atoms with Crippen LogP contribution in [0, 0.1) is 11.3 Å². The van der Waals surface area contributed by atoms with E-state index in [2.05, 4.69) is 53.6 Å². The van der Waals surface area contributed by atoms with Gasteiger partial charge in [-0.05, 0) is 82.5 Å². The number of carbonyl (C=O) groups is 1. The number of alkyl carbamates (subject to hydrolysis) is 1. The number of ether oxygens (including phenoxy) is 3. The van der Waals surface area contributed by atoms with Gasteiger partial charge < -0.3 is 29.7 Å². The van der Waals surface area contributed by atoms with E-state index in [1.165, 1.54) is 12.0 Å². The van der Waals surface area contributed by atoms with Gasteiger partial charge in [0.15, 0.2) is 5.82 Å². The largest absolute Gasteiger partial charge is 0.487 e. The summed E-state index contributed by atoms with van der Waals surface area (Å²) < 4.78 is 17.1. The topological polar surface area (TPSA) is 138 Å². The molecule has 3 heterocycles. The number of aromatic nitrogens is 3. The second-order valence-electron chi connectivity index (χ2n) is 13.0. The van der Waals surface area contributed by atoms with E-state index in [1.54, 1.807) is 12.1 Å². The molecule has 1 aromatic heterocycles. The highest BCUT2D eigenvalue weighted by Crippen LogP contribution is 2.30. The minimum absolute atomic E-state index is 0.209. The average Bonchev–Trinajstić information content (AvgIpc) is 3.01. The lowest BCUT2D eigenvalue weighted by molar-refractivity contribution is -0.0660. The molecule has 12 nitrogen and oxygen atoms in total. The number of hydrogen-bond donors (Lipinski definition) is 2. The maximum Gasteiger partial charge on any atom is 0.408 e. The zero-order chi connectivity index (χ0) is 32.1. The maximum absolute atomic E-state index is 12.4. The molecule has 1 aliphatic carbocycles. The minimum Gasteiger partial charge on any atom is -0.487 e. The molecular formula is C34H42N8O4. The van der Waals surface area contributed by atoms with E-state index in [0.29, 0.717) is 34.7 Å². The molecule has 0 radical (unpaired) electrons. The van der Waals surface area contributed by atoms with Crippen molar-refractivity contribution in [3.63, 3.8) is 0 Å². The Hall–Kier alpha value is -4.47. The Bertz CT molecular complexity index is 1540. The summed E-state index contributed by atoms with van der Waals surface area (Å²) in [5.41, 5.74) is 2.51. The van der Waals surface area contributed by atoms with Crippen molar-refractivity contribution in [3.05, 3.63) is 54.4 Å². The molecule has 2 N–H and O–H groups in total.